The molecule has 2 rings (SSSR count). The van der Waals surface area contributed by atoms with E-state index in [1.807, 2.05) is 0 Å². The minimum Gasteiger partial charge on any atom is -0.465 e. The van der Waals surface area contributed by atoms with E-state index in [2.05, 4.69) is 13.8 Å². The van der Waals surface area contributed by atoms with Crippen molar-refractivity contribution in [1.82, 2.24) is 0 Å². The second-order valence-electron chi connectivity index (χ2n) is 3.54. The van der Waals surface area contributed by atoms with Crippen molar-refractivity contribution in [3.05, 3.63) is 0 Å². The molecule has 0 aromatic heterocycles. The van der Waals surface area contributed by atoms with E-state index in [1.54, 1.807) is 0 Å². The third kappa shape index (κ3) is 0.443. The van der Waals surface area contributed by atoms with Crippen molar-refractivity contribution >= 4 is 5.97 Å². The molecule has 1 aliphatic heterocycles. The van der Waals surface area contributed by atoms with Crippen LogP contribution in [0.25, 0.3) is 0 Å². The van der Waals surface area contributed by atoms with E-state index in [4.69, 9.17) is 4.74 Å². The summed E-state index contributed by atoms with van der Waals surface area (Å²) >= 11 is 0. The first-order valence-corrected chi connectivity index (χ1v) is 3.30. The highest BCUT2D eigenvalue weighted by atomic mass is 16.5. The van der Waals surface area contributed by atoms with Crippen LogP contribution in [0, 0.1) is 17.3 Å². The SMILES string of the molecule is CC1(C)C2COC(=O)[C@H]21. The molecule has 1 aliphatic carbocycles. The second-order valence-corrected chi connectivity index (χ2v) is 3.54. The highest BCUT2D eigenvalue weighted by molar-refractivity contribution is 5.80. The third-order valence-corrected chi connectivity index (χ3v) is 2.71. The summed E-state index contributed by atoms with van der Waals surface area (Å²) in [6, 6.07) is 0. The van der Waals surface area contributed by atoms with Crippen LogP contribution in [0.3, 0.4) is 0 Å². The van der Waals surface area contributed by atoms with Crippen molar-refractivity contribution in [3.8, 4) is 0 Å². The molecule has 1 unspecified atom stereocenters. The number of hydrogen-bond acceptors (Lipinski definition) is 2. The van der Waals surface area contributed by atoms with E-state index in [0.29, 0.717) is 12.5 Å². The Morgan fingerprint density at radius 1 is 1.67 bits per heavy atom. The Labute approximate surface area is 54.2 Å². The lowest BCUT2D eigenvalue weighted by Crippen LogP contribution is -2.09. The van der Waals surface area contributed by atoms with Crippen LogP contribution in [0.1, 0.15) is 13.8 Å². The summed E-state index contributed by atoms with van der Waals surface area (Å²) in [5, 5.41) is 0. The summed E-state index contributed by atoms with van der Waals surface area (Å²) in [7, 11) is 0. The Bertz CT molecular complexity index is 172. The zero-order valence-corrected chi connectivity index (χ0v) is 5.68. The maximum atomic E-state index is 10.8. The van der Waals surface area contributed by atoms with Gasteiger partial charge in [-0.15, -0.1) is 0 Å². The standard InChI is InChI=1S/C7H10O2/c1-7(2)4-3-9-6(8)5(4)7/h4-5H,3H2,1-2H3/t4?,5-/m0/s1. The molecule has 0 spiro atoms. The fraction of sp³-hybridized carbons (Fsp3) is 0.857. The van der Waals surface area contributed by atoms with Crippen molar-refractivity contribution in [2.75, 3.05) is 6.61 Å². The van der Waals surface area contributed by atoms with Gasteiger partial charge in [0.1, 0.15) is 0 Å². The van der Waals surface area contributed by atoms with Gasteiger partial charge in [0.25, 0.3) is 0 Å². The predicted octanol–water partition coefficient (Wildman–Crippen LogP) is 0.815. The first-order chi connectivity index (χ1) is 4.14. The number of cyclic esters (lactones) is 1. The molecule has 0 amide bonds. The predicted molar refractivity (Wildman–Crippen MR) is 31.7 cm³/mol. The van der Waals surface area contributed by atoms with Crippen LogP contribution in [0.2, 0.25) is 0 Å². The van der Waals surface area contributed by atoms with Crippen LogP contribution in [-0.2, 0) is 9.53 Å². The molecule has 1 saturated carbocycles. The molecule has 2 heteroatoms. The van der Waals surface area contributed by atoms with Crippen molar-refractivity contribution in [1.29, 1.82) is 0 Å². The monoisotopic (exact) mass is 126 g/mol. The molecule has 2 atom stereocenters. The van der Waals surface area contributed by atoms with Gasteiger partial charge in [0, 0.05) is 5.92 Å². The summed E-state index contributed by atoms with van der Waals surface area (Å²) < 4.78 is 4.81. The number of esters is 1. The van der Waals surface area contributed by atoms with Crippen molar-refractivity contribution in [2.24, 2.45) is 17.3 Å². The quantitative estimate of drug-likeness (QED) is 0.449. The Hall–Kier alpha value is -0.530. The Balaban J connectivity index is 2.23. The fourth-order valence-corrected chi connectivity index (χ4v) is 1.78. The van der Waals surface area contributed by atoms with Gasteiger partial charge in [-0.2, -0.15) is 0 Å². The molecule has 0 radical (unpaired) electrons. The lowest BCUT2D eigenvalue weighted by molar-refractivity contribution is -0.142. The topological polar surface area (TPSA) is 26.3 Å². The molecule has 50 valence electrons. The molecule has 2 fully saturated rings. The van der Waals surface area contributed by atoms with E-state index in [-0.39, 0.29) is 17.3 Å². The number of carbonyl (C=O) groups excluding carboxylic acids is 1. The molecule has 0 bridgehead atoms. The van der Waals surface area contributed by atoms with Gasteiger partial charge in [0.2, 0.25) is 0 Å². The molecule has 0 aromatic rings. The second kappa shape index (κ2) is 1.15. The van der Waals surface area contributed by atoms with Crippen LogP contribution in [-0.4, -0.2) is 12.6 Å². The summed E-state index contributed by atoms with van der Waals surface area (Å²) in [6.45, 7) is 4.92. The summed E-state index contributed by atoms with van der Waals surface area (Å²) in [6.07, 6.45) is 0. The van der Waals surface area contributed by atoms with Gasteiger partial charge in [-0.25, -0.2) is 0 Å². The van der Waals surface area contributed by atoms with Crippen LogP contribution >= 0.6 is 0 Å². The smallest absolute Gasteiger partial charge is 0.309 e. The molecule has 0 N–H and O–H groups in total. The Kier molecular flexibility index (Phi) is 0.675. The van der Waals surface area contributed by atoms with E-state index in [9.17, 15) is 4.79 Å². The van der Waals surface area contributed by atoms with Gasteiger partial charge in [-0.1, -0.05) is 13.8 Å². The lowest BCUT2D eigenvalue weighted by Gasteiger charge is -2.05. The van der Waals surface area contributed by atoms with Crippen LogP contribution in [0.4, 0.5) is 0 Å². The van der Waals surface area contributed by atoms with Crippen molar-refractivity contribution < 1.29 is 9.53 Å². The van der Waals surface area contributed by atoms with Gasteiger partial charge in [0.05, 0.1) is 12.5 Å². The molecule has 2 nitrogen and oxygen atoms in total. The summed E-state index contributed by atoms with van der Waals surface area (Å²) in [5.74, 6) is 0.785. The van der Waals surface area contributed by atoms with Gasteiger partial charge in [0.15, 0.2) is 0 Å². The largest absolute Gasteiger partial charge is 0.465 e. The minimum atomic E-state index is 0.0185. The molecule has 2 aliphatic rings. The van der Waals surface area contributed by atoms with E-state index in [0.717, 1.165) is 0 Å². The van der Waals surface area contributed by atoms with Crippen LogP contribution < -0.4 is 0 Å². The first kappa shape index (κ1) is 5.27. The number of ether oxygens (including phenoxy) is 1. The highest BCUT2D eigenvalue weighted by Gasteiger charge is 2.66. The molecule has 1 heterocycles. The molecular formula is C7H10O2. The number of hydrogen-bond donors (Lipinski definition) is 0. The number of rotatable bonds is 0. The lowest BCUT2D eigenvalue weighted by atomic mass is 10.1. The van der Waals surface area contributed by atoms with Gasteiger partial charge in [-0.3, -0.25) is 4.79 Å². The molecular weight excluding hydrogens is 116 g/mol. The van der Waals surface area contributed by atoms with E-state index >= 15 is 0 Å². The summed E-state index contributed by atoms with van der Waals surface area (Å²) in [4.78, 5) is 10.8. The van der Waals surface area contributed by atoms with E-state index < -0.39 is 0 Å². The van der Waals surface area contributed by atoms with Gasteiger partial charge in [-0.05, 0) is 5.41 Å². The van der Waals surface area contributed by atoms with Gasteiger partial charge < -0.3 is 4.74 Å². The van der Waals surface area contributed by atoms with Crippen LogP contribution in [0.15, 0.2) is 0 Å². The molecule has 0 aromatic carbocycles. The van der Waals surface area contributed by atoms with Crippen LogP contribution in [0.5, 0.6) is 0 Å². The average Bonchev–Trinajstić information content (AvgIpc) is 2.19. The average molecular weight is 126 g/mol. The minimum absolute atomic E-state index is 0.0185. The number of carbonyl (C=O) groups is 1. The fourth-order valence-electron chi connectivity index (χ4n) is 1.78. The Morgan fingerprint density at radius 2 is 2.33 bits per heavy atom. The van der Waals surface area contributed by atoms with Crippen molar-refractivity contribution in [2.45, 2.75) is 13.8 Å². The first-order valence-electron chi connectivity index (χ1n) is 3.30. The molecule has 1 saturated heterocycles. The maximum Gasteiger partial charge on any atom is 0.309 e. The van der Waals surface area contributed by atoms with Gasteiger partial charge >= 0.3 is 5.97 Å². The highest BCUT2D eigenvalue weighted by Crippen LogP contribution is 2.61. The molecule has 9 heavy (non-hydrogen) atoms. The Morgan fingerprint density at radius 3 is 2.56 bits per heavy atom. The maximum absolute atomic E-state index is 10.8. The zero-order chi connectivity index (χ0) is 6.65. The zero-order valence-electron chi connectivity index (χ0n) is 5.68. The van der Waals surface area contributed by atoms with E-state index in [1.165, 1.54) is 0 Å². The van der Waals surface area contributed by atoms with Crippen molar-refractivity contribution in [3.63, 3.8) is 0 Å². The third-order valence-electron chi connectivity index (χ3n) is 2.71. The summed E-state index contributed by atoms with van der Waals surface area (Å²) in [5.41, 5.74) is 0.259. The normalized spacial score (nSPS) is 44.0. The number of fused-ring (bicyclic) bond motifs is 1.